The number of carbonyl (C=O) groups excluding carboxylic acids is 2. The van der Waals surface area contributed by atoms with Gasteiger partial charge in [-0.15, -0.1) is 5.10 Å². The highest BCUT2D eigenvalue weighted by Gasteiger charge is 2.35. The molecule has 0 radical (unpaired) electrons. The summed E-state index contributed by atoms with van der Waals surface area (Å²) in [6.07, 6.45) is 1.48. The van der Waals surface area contributed by atoms with E-state index in [0.29, 0.717) is 36.4 Å². The fourth-order valence-corrected chi connectivity index (χ4v) is 7.36. The van der Waals surface area contributed by atoms with Gasteiger partial charge in [-0.1, -0.05) is 0 Å². The predicted octanol–water partition coefficient (Wildman–Crippen LogP) is 3.71. The molecule has 17 heteroatoms. The van der Waals surface area contributed by atoms with E-state index in [0.717, 1.165) is 40.8 Å². The lowest BCUT2D eigenvalue weighted by Crippen LogP contribution is -2.37. The Hall–Kier alpha value is -4.16. The van der Waals surface area contributed by atoms with Crippen LogP contribution in [0.25, 0.3) is 0 Å². The van der Waals surface area contributed by atoms with E-state index < -0.39 is 38.6 Å². The molecule has 2 N–H and O–H groups in total. The molecule has 0 bridgehead atoms. The number of likely N-dealkylation sites (tertiary alicyclic amines) is 1. The van der Waals surface area contributed by atoms with Gasteiger partial charge >= 0.3 is 6.09 Å². The molecule has 50 heavy (non-hydrogen) atoms. The van der Waals surface area contributed by atoms with Crippen LogP contribution in [0.4, 0.5) is 25.1 Å². The summed E-state index contributed by atoms with van der Waals surface area (Å²) in [5.41, 5.74) is 1.21. The van der Waals surface area contributed by atoms with E-state index in [9.17, 15) is 26.8 Å². The van der Waals surface area contributed by atoms with Crippen LogP contribution in [0.5, 0.6) is 5.75 Å². The SMILES string of the molecule is COCCOC(=O)n1nc(NC(=O)c2ccc(OCCN3CCCC3)cc2N[C@@H](C)COC)c2c1CCN(S(=O)(=O)c1cc(F)cc(F)c1)C2. The van der Waals surface area contributed by atoms with Gasteiger partial charge in [-0.3, -0.25) is 9.69 Å². The van der Waals surface area contributed by atoms with Crippen molar-refractivity contribution in [3.63, 3.8) is 0 Å². The van der Waals surface area contributed by atoms with Crippen LogP contribution in [0.2, 0.25) is 0 Å². The molecular formula is C33H42F2N6O8S. The van der Waals surface area contributed by atoms with Gasteiger partial charge in [0.25, 0.3) is 5.91 Å². The third-order valence-electron chi connectivity index (χ3n) is 8.34. The van der Waals surface area contributed by atoms with Crippen molar-refractivity contribution >= 4 is 33.5 Å². The standard InChI is InChI=1S/C33H42F2N6O8S/c1-22(21-47-3)36-29-19-25(48-13-12-39-9-4-5-10-39)6-7-27(29)32(42)37-31-28-20-40(50(44,45)26-17-23(34)16-24(35)18-26)11-8-30(28)41(38-31)33(43)49-15-14-46-2/h6-7,16-19,22,36H,4-5,8-15,20-21H2,1-3H3,(H,37,38,42)/t22-/m0/s1. The molecule has 1 aromatic heterocycles. The monoisotopic (exact) mass is 720 g/mol. The molecule has 0 saturated carbocycles. The number of carbonyl (C=O) groups is 2. The third-order valence-corrected chi connectivity index (χ3v) is 10.2. The van der Waals surface area contributed by atoms with E-state index in [1.807, 2.05) is 6.92 Å². The first kappa shape index (κ1) is 37.1. The van der Waals surface area contributed by atoms with E-state index in [4.69, 9.17) is 18.9 Å². The van der Waals surface area contributed by atoms with Crippen molar-refractivity contribution in [2.75, 3.05) is 77.5 Å². The van der Waals surface area contributed by atoms with Crippen molar-refractivity contribution in [1.82, 2.24) is 19.0 Å². The Bertz CT molecular complexity index is 1760. The summed E-state index contributed by atoms with van der Waals surface area (Å²) < 4.78 is 78.4. The fraction of sp³-hybridized carbons (Fsp3) is 0.485. The second kappa shape index (κ2) is 16.7. The van der Waals surface area contributed by atoms with Gasteiger partial charge in [0.2, 0.25) is 10.0 Å². The van der Waals surface area contributed by atoms with Crippen LogP contribution in [-0.4, -0.2) is 112 Å². The van der Waals surface area contributed by atoms with Gasteiger partial charge in [0.05, 0.1) is 35.1 Å². The minimum absolute atomic E-state index is 0.0145. The number of amides is 1. The number of methoxy groups -OCH3 is 2. The zero-order valence-corrected chi connectivity index (χ0v) is 29.1. The van der Waals surface area contributed by atoms with Crippen LogP contribution < -0.4 is 15.4 Å². The number of nitrogens with one attached hydrogen (secondary N) is 2. The summed E-state index contributed by atoms with van der Waals surface area (Å²) in [7, 11) is -1.37. The van der Waals surface area contributed by atoms with Crippen LogP contribution in [0.15, 0.2) is 41.3 Å². The first-order valence-corrected chi connectivity index (χ1v) is 17.7. The predicted molar refractivity (Wildman–Crippen MR) is 179 cm³/mol. The van der Waals surface area contributed by atoms with Gasteiger partial charge in [-0.05, 0) is 57.1 Å². The molecule has 2 aromatic carbocycles. The summed E-state index contributed by atoms with van der Waals surface area (Å²) in [5.74, 6) is -2.22. The van der Waals surface area contributed by atoms with Gasteiger partial charge in [0.1, 0.15) is 30.6 Å². The van der Waals surface area contributed by atoms with Crippen LogP contribution in [0, 0.1) is 11.6 Å². The van der Waals surface area contributed by atoms with Crippen molar-refractivity contribution < 1.29 is 45.7 Å². The van der Waals surface area contributed by atoms with E-state index in [1.165, 1.54) is 20.0 Å². The minimum Gasteiger partial charge on any atom is -0.492 e. The smallest absolute Gasteiger partial charge is 0.435 e. The number of nitrogens with zero attached hydrogens (tertiary/aromatic N) is 4. The quantitative estimate of drug-likeness (QED) is 0.221. The Morgan fingerprint density at radius 2 is 1.72 bits per heavy atom. The van der Waals surface area contributed by atoms with Gasteiger partial charge in [-0.2, -0.15) is 8.99 Å². The molecule has 0 spiro atoms. The maximum Gasteiger partial charge on any atom is 0.435 e. The summed E-state index contributed by atoms with van der Waals surface area (Å²) in [5, 5.41) is 10.4. The third kappa shape index (κ3) is 8.95. The number of hydrogen-bond acceptors (Lipinski definition) is 11. The molecule has 14 nitrogen and oxygen atoms in total. The summed E-state index contributed by atoms with van der Waals surface area (Å²) in [6.45, 7) is 5.16. The fourth-order valence-electron chi connectivity index (χ4n) is 5.91. The van der Waals surface area contributed by atoms with Crippen molar-refractivity contribution in [3.05, 3.63) is 64.9 Å². The highest BCUT2D eigenvalue weighted by Crippen LogP contribution is 2.32. The Kier molecular flexibility index (Phi) is 12.4. The second-order valence-electron chi connectivity index (χ2n) is 12.0. The lowest BCUT2D eigenvalue weighted by molar-refractivity contribution is 0.0967. The molecule has 0 unspecified atom stereocenters. The van der Waals surface area contributed by atoms with E-state index in [-0.39, 0.29) is 55.7 Å². The van der Waals surface area contributed by atoms with Gasteiger partial charge < -0.3 is 29.6 Å². The normalized spacial score (nSPS) is 15.8. The average Bonchev–Trinajstić information content (AvgIpc) is 3.72. The van der Waals surface area contributed by atoms with E-state index in [2.05, 4.69) is 20.6 Å². The molecule has 1 atom stereocenters. The molecule has 1 fully saturated rings. The van der Waals surface area contributed by atoms with Gasteiger partial charge in [-0.25, -0.2) is 22.0 Å². The lowest BCUT2D eigenvalue weighted by atomic mass is 10.1. The van der Waals surface area contributed by atoms with Crippen LogP contribution in [-0.2, 0) is 37.2 Å². The first-order valence-electron chi connectivity index (χ1n) is 16.3. The number of hydrogen-bond donors (Lipinski definition) is 2. The number of fused-ring (bicyclic) bond motifs is 1. The maximum atomic E-state index is 14.0. The van der Waals surface area contributed by atoms with Crippen molar-refractivity contribution in [1.29, 1.82) is 0 Å². The molecule has 0 aliphatic carbocycles. The van der Waals surface area contributed by atoms with Crippen LogP contribution in [0.3, 0.4) is 0 Å². The number of rotatable bonds is 15. The number of aromatic nitrogens is 2. The molecule has 5 rings (SSSR count). The molecular weight excluding hydrogens is 678 g/mol. The molecule has 3 heterocycles. The lowest BCUT2D eigenvalue weighted by Gasteiger charge is -2.27. The number of anilines is 2. The Labute approximate surface area is 289 Å². The molecule has 2 aliphatic rings. The van der Waals surface area contributed by atoms with Crippen LogP contribution >= 0.6 is 0 Å². The number of benzene rings is 2. The summed E-state index contributed by atoms with van der Waals surface area (Å²) in [4.78, 5) is 28.7. The Morgan fingerprint density at radius 3 is 2.42 bits per heavy atom. The zero-order chi connectivity index (χ0) is 35.8. The average molecular weight is 721 g/mol. The van der Waals surface area contributed by atoms with E-state index >= 15 is 0 Å². The highest BCUT2D eigenvalue weighted by atomic mass is 32.2. The molecule has 2 aliphatic heterocycles. The molecule has 272 valence electrons. The van der Waals surface area contributed by atoms with Crippen molar-refractivity contribution in [2.45, 2.75) is 43.7 Å². The number of ether oxygens (including phenoxy) is 4. The first-order chi connectivity index (χ1) is 24.0. The summed E-state index contributed by atoms with van der Waals surface area (Å²) in [6, 6.07) is 6.84. The Morgan fingerprint density at radius 1 is 0.980 bits per heavy atom. The van der Waals surface area contributed by atoms with Gasteiger partial charge in [0.15, 0.2) is 5.82 Å². The van der Waals surface area contributed by atoms with Crippen molar-refractivity contribution in [3.8, 4) is 5.75 Å². The van der Waals surface area contributed by atoms with Crippen LogP contribution in [0.1, 0.15) is 41.4 Å². The Balaban J connectivity index is 1.43. The zero-order valence-electron chi connectivity index (χ0n) is 28.2. The molecule has 1 amide bonds. The topological polar surface area (TPSA) is 154 Å². The largest absolute Gasteiger partial charge is 0.492 e. The maximum absolute atomic E-state index is 14.0. The molecule has 3 aromatic rings. The minimum atomic E-state index is -4.39. The molecule has 1 saturated heterocycles. The highest BCUT2D eigenvalue weighted by molar-refractivity contribution is 7.89. The number of sulfonamides is 1. The van der Waals surface area contributed by atoms with Crippen molar-refractivity contribution in [2.24, 2.45) is 0 Å². The number of halogens is 2. The summed E-state index contributed by atoms with van der Waals surface area (Å²) >= 11 is 0. The van der Waals surface area contributed by atoms with Gasteiger partial charge in [0, 0.05) is 64.0 Å². The van der Waals surface area contributed by atoms with E-state index in [1.54, 1.807) is 25.3 Å². The second-order valence-corrected chi connectivity index (χ2v) is 14.0.